The molecule has 0 heterocycles. The molecule has 1 unspecified atom stereocenters. The van der Waals surface area contributed by atoms with E-state index in [0.29, 0.717) is 23.5 Å². The Labute approximate surface area is 180 Å². The molecule has 0 saturated carbocycles. The summed E-state index contributed by atoms with van der Waals surface area (Å²) in [6.45, 7) is 1.31. The number of carbonyl (C=O) groups is 3. The number of carbonyl (C=O) groups excluding carboxylic acids is 1. The highest BCUT2D eigenvalue weighted by atomic mass is 16.5. The van der Waals surface area contributed by atoms with Crippen LogP contribution in [0.2, 0.25) is 0 Å². The van der Waals surface area contributed by atoms with Crippen LogP contribution in [0.15, 0.2) is 48.5 Å². The van der Waals surface area contributed by atoms with Gasteiger partial charge in [0, 0.05) is 19.4 Å². The third-order valence-electron chi connectivity index (χ3n) is 4.19. The molecule has 0 aliphatic carbocycles. The van der Waals surface area contributed by atoms with E-state index < -0.39 is 24.0 Å². The van der Waals surface area contributed by atoms with Crippen LogP contribution in [0.4, 0.5) is 0 Å². The molecule has 31 heavy (non-hydrogen) atoms. The second kappa shape index (κ2) is 12.9. The zero-order valence-corrected chi connectivity index (χ0v) is 17.7. The van der Waals surface area contributed by atoms with Crippen LogP contribution in [0.25, 0.3) is 0 Å². The second-order valence-electron chi connectivity index (χ2n) is 6.60. The standard InChI is InChI=1S/C11H15NO4.C11H13NO3/c1-15-9-4-3-7(5-10(9)16-2)8(12)6-11(13)14;1-8(13)12-10(11(14)15)7-9-5-3-2-4-6-9/h3-5,8H,6,12H2,1-2H3,(H,13,14);2-6,10H,7H2,1H3,(H,12,13)(H,14,15)/t;10-/m.1/s1. The highest BCUT2D eigenvalue weighted by Gasteiger charge is 2.18. The molecule has 168 valence electrons. The Bertz CT molecular complexity index is 871. The Morgan fingerprint density at radius 2 is 1.61 bits per heavy atom. The number of aliphatic carboxylic acids is 2. The van der Waals surface area contributed by atoms with Crippen LogP contribution in [0.3, 0.4) is 0 Å². The third kappa shape index (κ3) is 9.18. The van der Waals surface area contributed by atoms with E-state index in [1.54, 1.807) is 18.2 Å². The molecule has 0 saturated heterocycles. The molecule has 9 heteroatoms. The Hall–Kier alpha value is -3.59. The predicted octanol–water partition coefficient (Wildman–Crippen LogP) is 2.00. The van der Waals surface area contributed by atoms with Crippen molar-refractivity contribution in [3.05, 3.63) is 59.7 Å². The van der Waals surface area contributed by atoms with Crippen LogP contribution in [0.5, 0.6) is 11.5 Å². The summed E-state index contributed by atoms with van der Waals surface area (Å²) >= 11 is 0. The minimum atomic E-state index is -1.02. The number of hydrogen-bond donors (Lipinski definition) is 4. The molecule has 1 amide bonds. The maximum absolute atomic E-state index is 10.8. The summed E-state index contributed by atoms with van der Waals surface area (Å²) < 4.78 is 10.2. The highest BCUT2D eigenvalue weighted by molar-refractivity contribution is 5.82. The van der Waals surface area contributed by atoms with Crippen molar-refractivity contribution in [1.29, 1.82) is 0 Å². The van der Waals surface area contributed by atoms with Gasteiger partial charge in [0.2, 0.25) is 5.91 Å². The van der Waals surface area contributed by atoms with Crippen molar-refractivity contribution >= 4 is 17.8 Å². The number of carboxylic acid groups (broad SMARTS) is 2. The van der Waals surface area contributed by atoms with Crippen molar-refractivity contribution in [3.63, 3.8) is 0 Å². The number of hydrogen-bond acceptors (Lipinski definition) is 6. The number of nitrogens with one attached hydrogen (secondary N) is 1. The molecule has 0 aliphatic heterocycles. The summed E-state index contributed by atoms with van der Waals surface area (Å²) in [6.07, 6.45) is 0.186. The quantitative estimate of drug-likeness (QED) is 0.470. The first-order valence-corrected chi connectivity index (χ1v) is 9.41. The maximum atomic E-state index is 10.8. The molecule has 2 rings (SSSR count). The van der Waals surface area contributed by atoms with E-state index in [0.717, 1.165) is 5.56 Å². The van der Waals surface area contributed by atoms with Gasteiger partial charge < -0.3 is 30.7 Å². The van der Waals surface area contributed by atoms with Crippen LogP contribution >= 0.6 is 0 Å². The van der Waals surface area contributed by atoms with Crippen LogP contribution in [-0.4, -0.2) is 48.3 Å². The fraction of sp³-hybridized carbons (Fsp3) is 0.318. The molecule has 0 spiro atoms. The van der Waals surface area contributed by atoms with E-state index in [1.165, 1.54) is 21.1 Å². The van der Waals surface area contributed by atoms with Crippen LogP contribution in [0, 0.1) is 0 Å². The Kier molecular flexibility index (Phi) is 10.6. The molecule has 0 radical (unpaired) electrons. The fourth-order valence-corrected chi connectivity index (χ4v) is 2.68. The second-order valence-corrected chi connectivity index (χ2v) is 6.60. The van der Waals surface area contributed by atoms with Gasteiger partial charge in [-0.25, -0.2) is 4.79 Å². The van der Waals surface area contributed by atoms with Crippen LogP contribution in [0.1, 0.15) is 30.5 Å². The first-order valence-electron chi connectivity index (χ1n) is 9.41. The summed E-state index contributed by atoms with van der Waals surface area (Å²) in [5, 5.41) is 19.9. The zero-order valence-electron chi connectivity index (χ0n) is 17.7. The number of methoxy groups -OCH3 is 2. The van der Waals surface area contributed by atoms with E-state index in [9.17, 15) is 14.4 Å². The number of carboxylic acids is 2. The van der Waals surface area contributed by atoms with E-state index in [1.807, 2.05) is 30.3 Å². The molecule has 2 aromatic carbocycles. The van der Waals surface area contributed by atoms with Crippen molar-refractivity contribution in [1.82, 2.24) is 5.32 Å². The predicted molar refractivity (Wildman–Crippen MR) is 114 cm³/mol. The molecular weight excluding hydrogens is 404 g/mol. The number of ether oxygens (including phenoxy) is 2. The van der Waals surface area contributed by atoms with Gasteiger partial charge in [0.1, 0.15) is 6.04 Å². The van der Waals surface area contributed by atoms with Gasteiger partial charge in [0.15, 0.2) is 11.5 Å². The lowest BCUT2D eigenvalue weighted by atomic mass is 10.0. The van der Waals surface area contributed by atoms with Crippen molar-refractivity contribution in [2.45, 2.75) is 31.8 Å². The van der Waals surface area contributed by atoms with Gasteiger partial charge in [-0.05, 0) is 23.3 Å². The largest absolute Gasteiger partial charge is 0.493 e. The summed E-state index contributed by atoms with van der Waals surface area (Å²) in [6, 6.07) is 12.9. The lowest BCUT2D eigenvalue weighted by Crippen LogP contribution is -2.41. The first-order chi connectivity index (χ1) is 14.7. The van der Waals surface area contributed by atoms with Crippen molar-refractivity contribution in [3.8, 4) is 11.5 Å². The number of amides is 1. The Morgan fingerprint density at radius 1 is 1.00 bits per heavy atom. The van der Waals surface area contributed by atoms with Crippen molar-refractivity contribution < 1.29 is 34.1 Å². The van der Waals surface area contributed by atoms with Gasteiger partial charge in [-0.15, -0.1) is 0 Å². The molecule has 0 aromatic heterocycles. The Morgan fingerprint density at radius 3 is 2.10 bits per heavy atom. The molecule has 9 nitrogen and oxygen atoms in total. The minimum Gasteiger partial charge on any atom is -0.493 e. The third-order valence-corrected chi connectivity index (χ3v) is 4.19. The molecule has 5 N–H and O–H groups in total. The van der Waals surface area contributed by atoms with Crippen LogP contribution in [-0.2, 0) is 20.8 Å². The lowest BCUT2D eigenvalue weighted by Gasteiger charge is -2.13. The normalized spacial score (nSPS) is 11.9. The SMILES string of the molecule is CC(=O)N[C@H](Cc1ccccc1)C(=O)O.COc1ccc(C(N)CC(=O)O)cc1OC. The fourth-order valence-electron chi connectivity index (χ4n) is 2.68. The average molecular weight is 432 g/mol. The van der Waals surface area contributed by atoms with E-state index >= 15 is 0 Å². The molecule has 0 fully saturated rings. The van der Waals surface area contributed by atoms with Gasteiger partial charge >= 0.3 is 11.9 Å². The summed E-state index contributed by atoms with van der Waals surface area (Å²) in [5.41, 5.74) is 7.33. The van der Waals surface area contributed by atoms with Crippen LogP contribution < -0.4 is 20.5 Å². The lowest BCUT2D eigenvalue weighted by molar-refractivity contribution is -0.141. The first kappa shape index (κ1) is 25.4. The smallest absolute Gasteiger partial charge is 0.326 e. The highest BCUT2D eigenvalue weighted by Crippen LogP contribution is 2.30. The minimum absolute atomic E-state index is 0.116. The van der Waals surface area contributed by atoms with E-state index in [-0.39, 0.29) is 12.3 Å². The van der Waals surface area contributed by atoms with Gasteiger partial charge in [0.05, 0.1) is 20.6 Å². The van der Waals surface area contributed by atoms with Crippen molar-refractivity contribution in [2.75, 3.05) is 14.2 Å². The van der Waals surface area contributed by atoms with Crippen molar-refractivity contribution in [2.24, 2.45) is 5.73 Å². The molecule has 2 atom stereocenters. The summed E-state index contributed by atoms with van der Waals surface area (Å²) in [4.78, 5) is 32.1. The zero-order chi connectivity index (χ0) is 23.4. The number of nitrogens with two attached hydrogens (primary N) is 1. The topological polar surface area (TPSA) is 148 Å². The molecule has 2 aromatic rings. The number of rotatable bonds is 9. The van der Waals surface area contributed by atoms with E-state index in [4.69, 9.17) is 25.4 Å². The summed E-state index contributed by atoms with van der Waals surface area (Å²) in [5.74, 6) is -1.15. The molecule has 0 aliphatic rings. The number of benzene rings is 2. The van der Waals surface area contributed by atoms with Gasteiger partial charge in [0.25, 0.3) is 0 Å². The van der Waals surface area contributed by atoms with Gasteiger partial charge in [-0.3, -0.25) is 9.59 Å². The molecule has 0 bridgehead atoms. The van der Waals surface area contributed by atoms with Gasteiger partial charge in [-0.1, -0.05) is 36.4 Å². The average Bonchev–Trinajstić information content (AvgIpc) is 2.73. The molecular formula is C22H28N2O7. The Balaban J connectivity index is 0.000000311. The van der Waals surface area contributed by atoms with Gasteiger partial charge in [-0.2, -0.15) is 0 Å². The van der Waals surface area contributed by atoms with E-state index in [2.05, 4.69) is 5.32 Å². The monoisotopic (exact) mass is 432 g/mol. The summed E-state index contributed by atoms with van der Waals surface area (Å²) in [7, 11) is 3.05. The maximum Gasteiger partial charge on any atom is 0.326 e.